The van der Waals surface area contributed by atoms with E-state index < -0.39 is 0 Å². The van der Waals surface area contributed by atoms with Crippen LogP contribution in [0, 0.1) is 5.92 Å². The number of hydrogen-bond acceptors (Lipinski definition) is 2. The minimum Gasteiger partial charge on any atom is -0.305 e. The standard InChI is InChI=1S/C11H21ClN2/c1-9(5-12)6-14-7-10(2)11(8-14)13(3)4/h10-11H,1,5-8H2,2-4H3. The maximum Gasteiger partial charge on any atom is 0.0443 e. The van der Waals surface area contributed by atoms with Gasteiger partial charge >= 0.3 is 0 Å². The van der Waals surface area contributed by atoms with Crippen LogP contribution >= 0.6 is 11.6 Å². The summed E-state index contributed by atoms with van der Waals surface area (Å²) >= 11 is 5.73. The van der Waals surface area contributed by atoms with Gasteiger partial charge in [-0.2, -0.15) is 0 Å². The normalized spacial score (nSPS) is 28.6. The average molecular weight is 217 g/mol. The second-order valence-corrected chi connectivity index (χ2v) is 4.85. The maximum atomic E-state index is 5.73. The van der Waals surface area contributed by atoms with Crippen molar-refractivity contribution in [3.8, 4) is 0 Å². The summed E-state index contributed by atoms with van der Waals surface area (Å²) in [6, 6.07) is 0.679. The third kappa shape index (κ3) is 2.97. The molecule has 2 atom stereocenters. The first-order valence-electron chi connectivity index (χ1n) is 5.16. The van der Waals surface area contributed by atoms with Gasteiger partial charge in [0.1, 0.15) is 0 Å². The van der Waals surface area contributed by atoms with Crippen molar-refractivity contribution in [2.24, 2.45) is 5.92 Å². The highest BCUT2D eigenvalue weighted by molar-refractivity contribution is 6.19. The Hall–Kier alpha value is -0.0500. The summed E-state index contributed by atoms with van der Waals surface area (Å²) in [6.45, 7) is 9.52. The van der Waals surface area contributed by atoms with Gasteiger partial charge in [-0.15, -0.1) is 11.6 Å². The minimum absolute atomic E-state index is 0.581. The summed E-state index contributed by atoms with van der Waals surface area (Å²) < 4.78 is 0. The molecule has 0 aromatic rings. The van der Waals surface area contributed by atoms with E-state index in [0.29, 0.717) is 11.9 Å². The molecule has 0 spiro atoms. The van der Waals surface area contributed by atoms with E-state index in [1.807, 2.05) is 0 Å². The van der Waals surface area contributed by atoms with Gasteiger partial charge in [0.2, 0.25) is 0 Å². The van der Waals surface area contributed by atoms with Crippen LogP contribution in [0.5, 0.6) is 0 Å². The van der Waals surface area contributed by atoms with Crippen LogP contribution in [0.4, 0.5) is 0 Å². The van der Waals surface area contributed by atoms with E-state index >= 15 is 0 Å². The van der Waals surface area contributed by atoms with Crippen LogP contribution in [-0.4, -0.2) is 55.5 Å². The molecular weight excluding hydrogens is 196 g/mol. The molecule has 0 aromatic heterocycles. The van der Waals surface area contributed by atoms with Crippen LogP contribution in [-0.2, 0) is 0 Å². The van der Waals surface area contributed by atoms with Gasteiger partial charge in [-0.3, -0.25) is 4.90 Å². The van der Waals surface area contributed by atoms with Crippen molar-refractivity contribution in [1.82, 2.24) is 9.80 Å². The first-order valence-corrected chi connectivity index (χ1v) is 5.69. The fourth-order valence-electron chi connectivity index (χ4n) is 2.21. The molecule has 14 heavy (non-hydrogen) atoms. The van der Waals surface area contributed by atoms with E-state index in [2.05, 4.69) is 37.4 Å². The molecule has 0 radical (unpaired) electrons. The number of nitrogens with zero attached hydrogens (tertiary/aromatic N) is 2. The Balaban J connectivity index is 2.42. The van der Waals surface area contributed by atoms with Gasteiger partial charge in [0.15, 0.2) is 0 Å². The number of hydrogen-bond donors (Lipinski definition) is 0. The monoisotopic (exact) mass is 216 g/mol. The van der Waals surface area contributed by atoms with Gasteiger partial charge < -0.3 is 4.90 Å². The highest BCUT2D eigenvalue weighted by Gasteiger charge is 2.30. The number of likely N-dealkylation sites (tertiary alicyclic amines) is 1. The second kappa shape index (κ2) is 5.15. The van der Waals surface area contributed by atoms with Crippen LogP contribution < -0.4 is 0 Å². The Morgan fingerprint density at radius 2 is 2.14 bits per heavy atom. The molecule has 1 aliphatic rings. The third-order valence-corrected chi connectivity index (χ3v) is 3.33. The fraction of sp³-hybridized carbons (Fsp3) is 0.818. The lowest BCUT2D eigenvalue weighted by Gasteiger charge is -2.22. The molecule has 2 nitrogen and oxygen atoms in total. The Morgan fingerprint density at radius 1 is 1.50 bits per heavy atom. The minimum atomic E-state index is 0.581. The smallest absolute Gasteiger partial charge is 0.0443 e. The zero-order valence-electron chi connectivity index (χ0n) is 9.46. The predicted octanol–water partition coefficient (Wildman–Crippen LogP) is 1.66. The molecule has 2 unspecified atom stereocenters. The van der Waals surface area contributed by atoms with Crippen molar-refractivity contribution in [3.05, 3.63) is 12.2 Å². The summed E-state index contributed by atoms with van der Waals surface area (Å²) in [5, 5.41) is 0. The first-order chi connectivity index (χ1) is 6.54. The molecule has 1 heterocycles. The Labute approximate surface area is 92.5 Å². The Kier molecular flexibility index (Phi) is 4.42. The lowest BCUT2D eigenvalue weighted by Crippen LogP contribution is -2.34. The Bertz CT molecular complexity index is 203. The highest BCUT2D eigenvalue weighted by atomic mass is 35.5. The molecule has 0 bridgehead atoms. The molecule has 0 aromatic carbocycles. The first kappa shape index (κ1) is 12.0. The molecule has 1 rings (SSSR count). The van der Waals surface area contributed by atoms with Gasteiger partial charge in [0.25, 0.3) is 0 Å². The topological polar surface area (TPSA) is 6.48 Å². The third-order valence-electron chi connectivity index (χ3n) is 2.95. The molecule has 0 N–H and O–H groups in total. The Morgan fingerprint density at radius 3 is 2.57 bits per heavy atom. The quantitative estimate of drug-likeness (QED) is 0.521. The van der Waals surface area contributed by atoms with Crippen molar-refractivity contribution < 1.29 is 0 Å². The van der Waals surface area contributed by atoms with Crippen molar-refractivity contribution in [3.63, 3.8) is 0 Å². The largest absolute Gasteiger partial charge is 0.305 e. The number of rotatable bonds is 4. The lowest BCUT2D eigenvalue weighted by molar-refractivity contribution is 0.255. The molecular formula is C11H21ClN2. The molecule has 1 fully saturated rings. The van der Waals surface area contributed by atoms with Crippen LogP contribution in [0.3, 0.4) is 0 Å². The summed E-state index contributed by atoms with van der Waals surface area (Å²) in [7, 11) is 4.31. The lowest BCUT2D eigenvalue weighted by atomic mass is 10.1. The van der Waals surface area contributed by atoms with Crippen molar-refractivity contribution in [2.45, 2.75) is 13.0 Å². The second-order valence-electron chi connectivity index (χ2n) is 4.59. The van der Waals surface area contributed by atoms with E-state index in [1.54, 1.807) is 0 Å². The molecule has 1 saturated heterocycles. The van der Waals surface area contributed by atoms with Crippen molar-refractivity contribution >= 4 is 11.6 Å². The zero-order valence-corrected chi connectivity index (χ0v) is 10.2. The van der Waals surface area contributed by atoms with Gasteiger partial charge in [0, 0.05) is 31.6 Å². The summed E-state index contributed by atoms with van der Waals surface area (Å²) in [4.78, 5) is 4.76. The molecule has 82 valence electrons. The fourth-order valence-corrected chi connectivity index (χ4v) is 2.29. The molecule has 3 heteroatoms. The van der Waals surface area contributed by atoms with Crippen LogP contribution in [0.1, 0.15) is 6.92 Å². The van der Waals surface area contributed by atoms with Crippen molar-refractivity contribution in [1.29, 1.82) is 0 Å². The van der Waals surface area contributed by atoms with E-state index in [4.69, 9.17) is 11.6 Å². The molecule has 0 aliphatic carbocycles. The average Bonchev–Trinajstić information content (AvgIpc) is 2.46. The van der Waals surface area contributed by atoms with E-state index in [9.17, 15) is 0 Å². The van der Waals surface area contributed by atoms with E-state index in [1.165, 1.54) is 6.54 Å². The highest BCUT2D eigenvalue weighted by Crippen LogP contribution is 2.20. The van der Waals surface area contributed by atoms with Gasteiger partial charge in [-0.1, -0.05) is 13.5 Å². The molecule has 1 aliphatic heterocycles. The van der Waals surface area contributed by atoms with Gasteiger partial charge in [0.05, 0.1) is 0 Å². The number of halogens is 1. The van der Waals surface area contributed by atoms with Gasteiger partial charge in [-0.25, -0.2) is 0 Å². The van der Waals surface area contributed by atoms with Crippen LogP contribution in [0.2, 0.25) is 0 Å². The van der Waals surface area contributed by atoms with Crippen LogP contribution in [0.25, 0.3) is 0 Å². The summed E-state index contributed by atoms with van der Waals surface area (Å²) in [5.41, 5.74) is 1.12. The summed E-state index contributed by atoms with van der Waals surface area (Å²) in [6.07, 6.45) is 0. The van der Waals surface area contributed by atoms with Gasteiger partial charge in [-0.05, 0) is 25.6 Å². The van der Waals surface area contributed by atoms with E-state index in [-0.39, 0.29) is 0 Å². The maximum absolute atomic E-state index is 5.73. The van der Waals surface area contributed by atoms with Crippen LogP contribution in [0.15, 0.2) is 12.2 Å². The summed E-state index contributed by atoms with van der Waals surface area (Å²) in [5.74, 6) is 1.32. The van der Waals surface area contributed by atoms with E-state index in [0.717, 1.165) is 24.6 Å². The SMILES string of the molecule is C=C(CCl)CN1CC(C)C(N(C)C)C1. The number of likely N-dealkylation sites (N-methyl/N-ethyl adjacent to an activating group) is 1. The van der Waals surface area contributed by atoms with Crippen molar-refractivity contribution in [2.75, 3.05) is 39.6 Å². The predicted molar refractivity (Wildman–Crippen MR) is 62.9 cm³/mol. The molecule has 0 saturated carbocycles. The number of alkyl halides is 1. The molecule has 0 amide bonds. The zero-order chi connectivity index (χ0) is 10.7.